The Morgan fingerprint density at radius 3 is 2.12 bits per heavy atom. The summed E-state index contributed by atoms with van der Waals surface area (Å²) in [4.78, 5) is 0. The molecule has 0 bridgehead atoms. The first-order valence-corrected chi connectivity index (χ1v) is 9.95. The van der Waals surface area contributed by atoms with Gasteiger partial charge in [-0.1, -0.05) is 13.1 Å². The molecule has 0 aromatic carbocycles. The van der Waals surface area contributed by atoms with Crippen molar-refractivity contribution < 1.29 is 30.5 Å². The maximum absolute atomic E-state index is 11.9. The van der Waals surface area contributed by atoms with Gasteiger partial charge in [0.15, 0.2) is 0 Å². The minimum absolute atomic E-state index is 0.0687. The molecular weight excluding hydrogens is 265 g/mol. The predicted molar refractivity (Wildman–Crippen MR) is 54.8 cm³/mol. The summed E-state index contributed by atoms with van der Waals surface area (Å²) in [6, 6.07) is 0.0687. The summed E-state index contributed by atoms with van der Waals surface area (Å²) in [6.07, 6.45) is -5.16. The van der Waals surface area contributed by atoms with Gasteiger partial charge in [-0.3, -0.25) is 0 Å². The van der Waals surface area contributed by atoms with E-state index >= 15 is 0 Å². The number of ether oxygens (including phenoxy) is 1. The minimum Gasteiger partial charge on any atom is -0.382 e. The van der Waals surface area contributed by atoms with Crippen LogP contribution in [0.2, 0.25) is 19.1 Å². The number of hydrogen-bond acceptors (Lipinski definition) is 4. The minimum atomic E-state index is -5.16. The first-order chi connectivity index (χ1) is 7.02. The van der Waals surface area contributed by atoms with Crippen LogP contribution in [0.1, 0.15) is 6.92 Å². The maximum Gasteiger partial charge on any atom is 0.536 e. The first-order valence-electron chi connectivity index (χ1n) is 4.61. The highest BCUT2D eigenvalue weighted by atomic mass is 32.4. The largest absolute Gasteiger partial charge is 0.536 e. The molecule has 0 aliphatic heterocycles. The average molecular weight is 280 g/mol. The van der Waals surface area contributed by atoms with Crippen LogP contribution in [0.4, 0.5) is 13.2 Å². The van der Waals surface area contributed by atoms with Crippen LogP contribution >= 0.6 is 0 Å². The normalized spacial score (nSPS) is 14.1. The predicted octanol–water partition coefficient (Wildman–Crippen LogP) is 2.09. The standard InChI is InChI=1S/C7H15F3O4SSi/c1-4-13-5-6-16(2,3)15(11,12)14-7(8,9)10/h4-6H2,1-3H3. The Hall–Kier alpha value is -0.123. The fourth-order valence-electron chi connectivity index (χ4n) is 0.824. The Labute approximate surface area is 93.5 Å². The lowest BCUT2D eigenvalue weighted by molar-refractivity contribution is -0.271. The van der Waals surface area contributed by atoms with E-state index in [-0.39, 0.29) is 12.7 Å². The van der Waals surface area contributed by atoms with Crippen molar-refractivity contribution in [3.63, 3.8) is 0 Å². The molecule has 0 aromatic heterocycles. The molecule has 98 valence electrons. The third kappa shape index (κ3) is 5.28. The summed E-state index contributed by atoms with van der Waals surface area (Å²) >= 11 is 0. The summed E-state index contributed by atoms with van der Waals surface area (Å²) in [5.74, 6) is 0. The Balaban J connectivity index is 4.60. The second-order valence-electron chi connectivity index (χ2n) is 3.69. The maximum atomic E-state index is 11.9. The molecule has 0 amide bonds. The van der Waals surface area contributed by atoms with Gasteiger partial charge in [0.25, 0.3) is 0 Å². The van der Waals surface area contributed by atoms with Crippen LogP contribution in [0.15, 0.2) is 0 Å². The number of hydrogen-bond donors (Lipinski definition) is 0. The Bertz CT molecular complexity index is 312. The SMILES string of the molecule is CCOCC[Si](C)(C)S(=O)(=O)OC(F)(F)F. The van der Waals surface area contributed by atoms with Gasteiger partial charge in [-0.15, -0.1) is 13.2 Å². The molecule has 0 N–H and O–H groups in total. The van der Waals surface area contributed by atoms with Crippen molar-refractivity contribution in [1.82, 2.24) is 0 Å². The van der Waals surface area contributed by atoms with Crippen molar-refractivity contribution in [2.45, 2.75) is 32.4 Å². The van der Waals surface area contributed by atoms with Gasteiger partial charge in [0.05, 0.1) is 0 Å². The zero-order valence-electron chi connectivity index (χ0n) is 9.30. The smallest absolute Gasteiger partial charge is 0.382 e. The summed E-state index contributed by atoms with van der Waals surface area (Å²) in [6.45, 7) is 4.83. The Morgan fingerprint density at radius 2 is 1.75 bits per heavy atom. The molecule has 16 heavy (non-hydrogen) atoms. The van der Waals surface area contributed by atoms with E-state index in [1.54, 1.807) is 6.92 Å². The molecule has 9 heteroatoms. The molecule has 0 spiro atoms. The zero-order valence-corrected chi connectivity index (χ0v) is 11.1. The zero-order chi connectivity index (χ0) is 13.0. The Kier molecular flexibility index (Phi) is 5.43. The van der Waals surface area contributed by atoms with Gasteiger partial charge in [-0.2, -0.15) is 4.18 Å². The van der Waals surface area contributed by atoms with Gasteiger partial charge in [-0.05, 0) is 13.0 Å². The van der Waals surface area contributed by atoms with Crippen LogP contribution in [0.25, 0.3) is 0 Å². The molecule has 0 saturated heterocycles. The fraction of sp³-hybridized carbons (Fsp3) is 1.00. The van der Waals surface area contributed by atoms with E-state index < -0.39 is 23.2 Å². The highest BCUT2D eigenvalue weighted by molar-refractivity contribution is 8.18. The lowest BCUT2D eigenvalue weighted by Gasteiger charge is -2.21. The second-order valence-corrected chi connectivity index (χ2v) is 13.6. The molecule has 0 unspecified atom stereocenters. The third-order valence-corrected chi connectivity index (χ3v) is 10.0. The molecule has 0 aliphatic rings. The van der Waals surface area contributed by atoms with Crippen LogP contribution in [-0.4, -0.2) is 35.2 Å². The van der Waals surface area contributed by atoms with Crippen LogP contribution in [0, 0.1) is 0 Å². The lowest BCUT2D eigenvalue weighted by atomic mass is 10.8. The van der Waals surface area contributed by atoms with Crippen LogP contribution in [0.5, 0.6) is 0 Å². The van der Waals surface area contributed by atoms with Gasteiger partial charge < -0.3 is 4.74 Å². The van der Waals surface area contributed by atoms with Crippen molar-refractivity contribution >= 4 is 16.8 Å². The highest BCUT2D eigenvalue weighted by Crippen LogP contribution is 2.27. The van der Waals surface area contributed by atoms with E-state index in [1.165, 1.54) is 13.1 Å². The quantitative estimate of drug-likeness (QED) is 0.552. The van der Waals surface area contributed by atoms with E-state index in [0.717, 1.165) is 0 Å². The van der Waals surface area contributed by atoms with Crippen LogP contribution < -0.4 is 0 Å². The summed E-state index contributed by atoms with van der Waals surface area (Å²) in [5, 5.41) is 0. The van der Waals surface area contributed by atoms with Crippen molar-refractivity contribution in [3.05, 3.63) is 0 Å². The van der Waals surface area contributed by atoms with E-state index in [2.05, 4.69) is 4.18 Å². The molecule has 0 rings (SSSR count). The molecule has 0 radical (unpaired) electrons. The summed E-state index contributed by atoms with van der Waals surface area (Å²) in [7, 11) is -7.74. The lowest BCUT2D eigenvalue weighted by Crippen LogP contribution is -2.42. The van der Waals surface area contributed by atoms with Crippen molar-refractivity contribution in [1.29, 1.82) is 0 Å². The molecule has 0 aliphatic carbocycles. The molecule has 0 saturated carbocycles. The molecule has 4 nitrogen and oxygen atoms in total. The molecule has 0 fully saturated rings. The van der Waals surface area contributed by atoms with E-state index in [0.29, 0.717) is 6.61 Å². The van der Waals surface area contributed by atoms with Crippen LogP contribution in [-0.2, 0) is 18.5 Å². The Morgan fingerprint density at radius 1 is 1.25 bits per heavy atom. The average Bonchev–Trinajstić information content (AvgIpc) is 1.99. The molecule has 0 heterocycles. The molecule has 0 atom stereocenters. The van der Waals surface area contributed by atoms with Gasteiger partial charge in [0.1, 0.15) is 0 Å². The second kappa shape index (κ2) is 5.47. The number of halogens is 3. The molecular formula is C7H15F3O4SSi. The van der Waals surface area contributed by atoms with E-state index in [1.807, 2.05) is 0 Å². The van der Waals surface area contributed by atoms with E-state index in [9.17, 15) is 21.6 Å². The first kappa shape index (κ1) is 15.9. The van der Waals surface area contributed by atoms with E-state index in [4.69, 9.17) is 4.74 Å². The third-order valence-electron chi connectivity index (χ3n) is 1.93. The highest BCUT2D eigenvalue weighted by Gasteiger charge is 2.46. The topological polar surface area (TPSA) is 52.6 Å². The van der Waals surface area contributed by atoms with Gasteiger partial charge in [0, 0.05) is 13.2 Å². The van der Waals surface area contributed by atoms with Gasteiger partial charge in [0.2, 0.25) is 16.8 Å². The molecule has 0 aromatic rings. The van der Waals surface area contributed by atoms with Gasteiger partial charge >= 0.3 is 6.36 Å². The van der Waals surface area contributed by atoms with Crippen molar-refractivity contribution in [2.75, 3.05) is 13.2 Å². The van der Waals surface area contributed by atoms with Crippen molar-refractivity contribution in [2.24, 2.45) is 0 Å². The monoisotopic (exact) mass is 280 g/mol. The number of alkyl halides is 3. The summed E-state index contributed by atoms with van der Waals surface area (Å²) in [5.41, 5.74) is 0. The number of rotatable bonds is 6. The summed E-state index contributed by atoms with van der Waals surface area (Å²) < 4.78 is 66.4. The fourth-order valence-corrected chi connectivity index (χ4v) is 4.15. The van der Waals surface area contributed by atoms with Crippen LogP contribution in [0.3, 0.4) is 0 Å². The van der Waals surface area contributed by atoms with Crippen molar-refractivity contribution in [3.8, 4) is 0 Å². The van der Waals surface area contributed by atoms with Gasteiger partial charge in [-0.25, -0.2) is 8.42 Å².